The first-order chi connectivity index (χ1) is 9.24. The van der Waals surface area contributed by atoms with E-state index in [9.17, 15) is 0 Å². The van der Waals surface area contributed by atoms with E-state index in [0.29, 0.717) is 11.6 Å². The summed E-state index contributed by atoms with van der Waals surface area (Å²) in [6, 6.07) is 7.36. The molecule has 0 fully saturated rings. The number of nitrogens with two attached hydrogens (primary N) is 1. The number of oxime groups is 1. The maximum atomic E-state index is 5.96. The molecule has 0 aliphatic heterocycles. The molecule has 0 aromatic heterocycles. The van der Waals surface area contributed by atoms with Crippen LogP contribution in [-0.4, -0.2) is 30.3 Å². The van der Waals surface area contributed by atoms with Crippen LogP contribution in [0, 0.1) is 0 Å². The Morgan fingerprint density at radius 1 is 1.53 bits per heavy atom. The number of thioether (sulfide) groups is 1. The third kappa shape index (κ3) is 6.93. The van der Waals surface area contributed by atoms with Gasteiger partial charge in [0.15, 0.2) is 0 Å². The number of hydrazone groups is 1. The molecule has 5 nitrogen and oxygen atoms in total. The molecule has 0 saturated heterocycles. The Morgan fingerprint density at radius 3 is 3.05 bits per heavy atom. The normalized spacial score (nSPS) is 11.8. The number of nitrogens with one attached hydrogen (secondary N) is 1. The zero-order valence-electron chi connectivity index (χ0n) is 10.7. The number of hydrogen-bond acceptors (Lipinski definition) is 4. The molecule has 0 aliphatic carbocycles. The Labute approximate surface area is 122 Å². The number of guanidine groups is 1. The van der Waals surface area contributed by atoms with Crippen molar-refractivity contribution in [1.82, 2.24) is 5.43 Å². The number of benzene rings is 1. The van der Waals surface area contributed by atoms with Gasteiger partial charge in [-0.15, -0.1) is 0 Å². The predicted octanol–water partition coefficient (Wildman–Crippen LogP) is 2.26. The van der Waals surface area contributed by atoms with Crippen LogP contribution in [0.5, 0.6) is 0 Å². The van der Waals surface area contributed by atoms with Gasteiger partial charge in [0, 0.05) is 16.3 Å². The Balaban J connectivity index is 2.31. The van der Waals surface area contributed by atoms with Crippen molar-refractivity contribution < 1.29 is 4.84 Å². The molecule has 0 saturated carbocycles. The molecule has 0 spiro atoms. The second-order valence-corrected chi connectivity index (χ2v) is 5.20. The summed E-state index contributed by atoms with van der Waals surface area (Å²) >= 11 is 7.74. The van der Waals surface area contributed by atoms with Crippen molar-refractivity contribution in [2.24, 2.45) is 16.0 Å². The molecule has 0 aliphatic rings. The van der Waals surface area contributed by atoms with Crippen molar-refractivity contribution in [3.63, 3.8) is 0 Å². The van der Waals surface area contributed by atoms with Crippen molar-refractivity contribution in [2.75, 3.05) is 18.1 Å². The smallest absolute Gasteiger partial charge is 0.251 e. The van der Waals surface area contributed by atoms with Gasteiger partial charge in [-0.25, -0.2) is 5.43 Å². The minimum atomic E-state index is 0.102. The number of hydrogen-bond donors (Lipinski definition) is 2. The maximum Gasteiger partial charge on any atom is 0.251 e. The Hall–Kier alpha value is -1.40. The molecule has 0 atom stereocenters. The molecule has 0 amide bonds. The highest BCUT2D eigenvalue weighted by atomic mass is 35.5. The van der Waals surface area contributed by atoms with Crippen LogP contribution in [0.4, 0.5) is 0 Å². The lowest BCUT2D eigenvalue weighted by molar-refractivity contribution is 0.160. The van der Waals surface area contributed by atoms with E-state index in [1.54, 1.807) is 24.0 Å². The molecule has 1 aromatic carbocycles. The fourth-order valence-corrected chi connectivity index (χ4v) is 1.79. The highest BCUT2D eigenvalue weighted by Gasteiger charge is 1.94. The molecular weight excluding hydrogens is 284 g/mol. The fourth-order valence-electron chi connectivity index (χ4n) is 1.12. The second-order valence-electron chi connectivity index (χ2n) is 3.40. The average Bonchev–Trinajstić information content (AvgIpc) is 2.41. The Morgan fingerprint density at radius 2 is 2.32 bits per heavy atom. The molecule has 1 rings (SSSR count). The molecule has 104 valence electrons. The van der Waals surface area contributed by atoms with Crippen molar-refractivity contribution in [3.8, 4) is 0 Å². The minimum Gasteiger partial charge on any atom is -0.392 e. The molecule has 0 radical (unpaired) electrons. The zero-order chi connectivity index (χ0) is 13.9. The summed E-state index contributed by atoms with van der Waals surface area (Å²) in [5.41, 5.74) is 8.90. The quantitative estimate of drug-likeness (QED) is 0.351. The summed E-state index contributed by atoms with van der Waals surface area (Å²) in [6.45, 7) is 2.61. The lowest BCUT2D eigenvalue weighted by Crippen LogP contribution is -2.27. The molecule has 7 heteroatoms. The van der Waals surface area contributed by atoms with E-state index >= 15 is 0 Å². The van der Waals surface area contributed by atoms with E-state index in [1.807, 2.05) is 18.2 Å². The summed E-state index contributed by atoms with van der Waals surface area (Å²) < 4.78 is 0. The summed E-state index contributed by atoms with van der Waals surface area (Å²) in [4.78, 5) is 5.00. The zero-order valence-corrected chi connectivity index (χ0v) is 12.2. The average molecular weight is 301 g/mol. The molecule has 3 N–H and O–H groups in total. The standard InChI is InChI=1S/C12H17ClN4OS/c1-2-19-8-7-18-17-12(14)16-15-9-10-5-3-4-6-11(10)13/h3-6,9H,2,7-8H2,1H3,(H3,14,16,17)/b15-9+. The Bertz CT molecular complexity index is 439. The van der Waals surface area contributed by atoms with Crippen LogP contribution < -0.4 is 11.2 Å². The van der Waals surface area contributed by atoms with E-state index < -0.39 is 0 Å². The van der Waals surface area contributed by atoms with Gasteiger partial charge in [0.05, 0.1) is 6.21 Å². The molecule has 0 heterocycles. The van der Waals surface area contributed by atoms with E-state index in [4.69, 9.17) is 22.2 Å². The van der Waals surface area contributed by atoms with Gasteiger partial charge in [0.25, 0.3) is 5.96 Å². The first-order valence-electron chi connectivity index (χ1n) is 5.80. The second kappa shape index (κ2) is 9.52. The van der Waals surface area contributed by atoms with Gasteiger partial charge in [0.2, 0.25) is 0 Å². The first-order valence-corrected chi connectivity index (χ1v) is 7.34. The van der Waals surface area contributed by atoms with E-state index in [1.165, 1.54) is 0 Å². The van der Waals surface area contributed by atoms with Crippen molar-refractivity contribution in [2.45, 2.75) is 6.92 Å². The van der Waals surface area contributed by atoms with Gasteiger partial charge < -0.3 is 10.6 Å². The number of rotatable bonds is 7. The van der Waals surface area contributed by atoms with Gasteiger partial charge in [-0.05, 0) is 17.0 Å². The van der Waals surface area contributed by atoms with Gasteiger partial charge in [-0.3, -0.25) is 0 Å². The summed E-state index contributed by atoms with van der Waals surface area (Å²) in [5.74, 6) is 2.05. The number of halogens is 1. The monoisotopic (exact) mass is 300 g/mol. The summed E-state index contributed by atoms with van der Waals surface area (Å²) in [7, 11) is 0. The largest absolute Gasteiger partial charge is 0.392 e. The van der Waals surface area contributed by atoms with Crippen LogP contribution in [0.3, 0.4) is 0 Å². The highest BCUT2D eigenvalue weighted by Crippen LogP contribution is 2.11. The van der Waals surface area contributed by atoms with Gasteiger partial charge in [-0.2, -0.15) is 16.9 Å². The molecular formula is C12H17ClN4OS. The van der Waals surface area contributed by atoms with E-state index in [2.05, 4.69) is 22.6 Å². The summed E-state index contributed by atoms with van der Waals surface area (Å²) in [6.07, 6.45) is 1.57. The van der Waals surface area contributed by atoms with Crippen molar-refractivity contribution in [1.29, 1.82) is 0 Å². The summed E-state index contributed by atoms with van der Waals surface area (Å²) in [5, 5.41) is 8.21. The van der Waals surface area contributed by atoms with Crippen molar-refractivity contribution >= 4 is 35.5 Å². The van der Waals surface area contributed by atoms with Crippen LogP contribution in [0.1, 0.15) is 12.5 Å². The third-order valence-electron chi connectivity index (χ3n) is 1.97. The lowest BCUT2D eigenvalue weighted by atomic mass is 10.2. The van der Waals surface area contributed by atoms with Gasteiger partial charge in [-0.1, -0.05) is 36.7 Å². The van der Waals surface area contributed by atoms with Crippen molar-refractivity contribution in [3.05, 3.63) is 34.9 Å². The van der Waals surface area contributed by atoms with Crippen LogP contribution in [0.15, 0.2) is 34.5 Å². The minimum absolute atomic E-state index is 0.102. The molecule has 1 aromatic rings. The van der Waals surface area contributed by atoms with E-state index in [-0.39, 0.29) is 5.96 Å². The number of nitrogens with zero attached hydrogens (tertiary/aromatic N) is 2. The maximum absolute atomic E-state index is 5.96. The molecule has 19 heavy (non-hydrogen) atoms. The topological polar surface area (TPSA) is 72.0 Å². The molecule has 0 unspecified atom stereocenters. The van der Waals surface area contributed by atoms with Crippen LogP contribution in [-0.2, 0) is 4.84 Å². The van der Waals surface area contributed by atoms with Crippen LogP contribution >= 0.6 is 23.4 Å². The highest BCUT2D eigenvalue weighted by molar-refractivity contribution is 7.99. The third-order valence-corrected chi connectivity index (χ3v) is 3.18. The predicted molar refractivity (Wildman–Crippen MR) is 82.8 cm³/mol. The first kappa shape index (κ1) is 15.7. The lowest BCUT2D eigenvalue weighted by Gasteiger charge is -2.01. The Kier molecular flexibility index (Phi) is 7.84. The van der Waals surface area contributed by atoms with Gasteiger partial charge in [0.1, 0.15) is 6.61 Å². The van der Waals surface area contributed by atoms with Gasteiger partial charge >= 0.3 is 0 Å². The molecule has 0 bridgehead atoms. The van der Waals surface area contributed by atoms with Crippen LogP contribution in [0.25, 0.3) is 0 Å². The van der Waals surface area contributed by atoms with Crippen LogP contribution in [0.2, 0.25) is 5.02 Å². The SMILES string of the molecule is CCSCCO/N=C(\N)N/N=C/c1ccccc1Cl. The van der Waals surface area contributed by atoms with E-state index in [0.717, 1.165) is 17.1 Å². The fraction of sp³-hybridized carbons (Fsp3) is 0.333.